The molecule has 2 rings (SSSR count). The van der Waals surface area contributed by atoms with Crippen molar-refractivity contribution < 1.29 is 9.26 Å². The van der Waals surface area contributed by atoms with Gasteiger partial charge in [-0.2, -0.15) is 4.98 Å². The average Bonchev–Trinajstić information content (AvgIpc) is 2.84. The first-order valence-electron chi connectivity index (χ1n) is 5.89. The number of hydrogen-bond donors (Lipinski definition) is 1. The molecule has 1 aromatic carbocycles. The smallest absolute Gasteiger partial charge is 0.260 e. The molecule has 5 nitrogen and oxygen atoms in total. The van der Waals surface area contributed by atoms with Gasteiger partial charge in [0, 0.05) is 12.8 Å². The van der Waals surface area contributed by atoms with E-state index in [1.807, 2.05) is 32.0 Å². The summed E-state index contributed by atoms with van der Waals surface area (Å²) in [6.07, 6.45) is 0.646. The maximum Gasteiger partial charge on any atom is 0.260 e. The van der Waals surface area contributed by atoms with Crippen molar-refractivity contribution in [3.05, 3.63) is 29.6 Å². The Morgan fingerprint density at radius 1 is 1.44 bits per heavy atom. The zero-order valence-corrected chi connectivity index (χ0v) is 10.8. The maximum atomic E-state index is 6.01. The fourth-order valence-electron chi connectivity index (χ4n) is 1.80. The summed E-state index contributed by atoms with van der Waals surface area (Å²) in [7, 11) is 1.63. The SMILES string of the molecule is CCC(OC)c1noc(-c2cccc(C)c2N)n1. The van der Waals surface area contributed by atoms with Gasteiger partial charge in [-0.1, -0.05) is 24.2 Å². The van der Waals surface area contributed by atoms with Crippen LogP contribution >= 0.6 is 0 Å². The standard InChI is InChI=1S/C13H17N3O2/c1-4-10(17-3)12-15-13(18-16-12)9-7-5-6-8(2)11(9)14/h5-7,10H,4,14H2,1-3H3. The lowest BCUT2D eigenvalue weighted by atomic mass is 10.1. The van der Waals surface area contributed by atoms with Crippen molar-refractivity contribution >= 4 is 5.69 Å². The number of nitrogen functional groups attached to an aromatic ring is 1. The van der Waals surface area contributed by atoms with E-state index >= 15 is 0 Å². The Morgan fingerprint density at radius 2 is 2.22 bits per heavy atom. The number of ether oxygens (including phenoxy) is 1. The van der Waals surface area contributed by atoms with Crippen LogP contribution in [0, 0.1) is 6.92 Å². The summed E-state index contributed by atoms with van der Waals surface area (Å²) in [6.45, 7) is 3.95. The number of para-hydroxylation sites is 1. The van der Waals surface area contributed by atoms with Gasteiger partial charge in [-0.3, -0.25) is 0 Å². The topological polar surface area (TPSA) is 74.2 Å². The van der Waals surface area contributed by atoms with E-state index in [2.05, 4.69) is 10.1 Å². The van der Waals surface area contributed by atoms with Gasteiger partial charge < -0.3 is 15.0 Å². The number of benzene rings is 1. The fourth-order valence-corrected chi connectivity index (χ4v) is 1.80. The normalized spacial score (nSPS) is 12.6. The minimum absolute atomic E-state index is 0.145. The molecule has 0 spiro atoms. The highest BCUT2D eigenvalue weighted by Crippen LogP contribution is 2.28. The minimum Gasteiger partial charge on any atom is -0.398 e. The van der Waals surface area contributed by atoms with Gasteiger partial charge in [0.05, 0.1) is 5.56 Å². The van der Waals surface area contributed by atoms with Crippen LogP contribution in [0.25, 0.3) is 11.5 Å². The molecule has 0 aliphatic carbocycles. The largest absolute Gasteiger partial charge is 0.398 e. The highest BCUT2D eigenvalue weighted by atomic mass is 16.5. The van der Waals surface area contributed by atoms with Gasteiger partial charge in [0.25, 0.3) is 5.89 Å². The number of aromatic nitrogens is 2. The van der Waals surface area contributed by atoms with Crippen LogP contribution in [0.2, 0.25) is 0 Å². The van der Waals surface area contributed by atoms with E-state index in [0.717, 1.165) is 17.5 Å². The third kappa shape index (κ3) is 2.22. The van der Waals surface area contributed by atoms with Gasteiger partial charge in [-0.05, 0) is 25.0 Å². The summed E-state index contributed by atoms with van der Waals surface area (Å²) in [4.78, 5) is 4.34. The van der Waals surface area contributed by atoms with Gasteiger partial charge in [0.1, 0.15) is 6.10 Å². The highest BCUT2D eigenvalue weighted by Gasteiger charge is 2.18. The summed E-state index contributed by atoms with van der Waals surface area (Å²) in [5.41, 5.74) is 8.43. The Balaban J connectivity index is 2.38. The van der Waals surface area contributed by atoms with E-state index in [0.29, 0.717) is 17.4 Å². The molecule has 1 heterocycles. The molecule has 0 amide bonds. The molecule has 18 heavy (non-hydrogen) atoms. The number of hydrogen-bond acceptors (Lipinski definition) is 5. The van der Waals surface area contributed by atoms with Crippen LogP contribution in [-0.2, 0) is 4.74 Å². The van der Waals surface area contributed by atoms with Crippen LogP contribution in [0.1, 0.15) is 30.8 Å². The molecule has 2 N–H and O–H groups in total. The number of anilines is 1. The first-order chi connectivity index (χ1) is 8.67. The summed E-state index contributed by atoms with van der Waals surface area (Å²) < 4.78 is 10.5. The molecule has 96 valence electrons. The van der Waals surface area contributed by atoms with Crippen LogP contribution in [-0.4, -0.2) is 17.3 Å². The molecule has 0 bridgehead atoms. The lowest BCUT2D eigenvalue weighted by Crippen LogP contribution is -2.01. The monoisotopic (exact) mass is 247 g/mol. The third-order valence-corrected chi connectivity index (χ3v) is 2.94. The van der Waals surface area contributed by atoms with Crippen molar-refractivity contribution in [2.75, 3.05) is 12.8 Å². The van der Waals surface area contributed by atoms with E-state index in [1.54, 1.807) is 7.11 Å². The number of methoxy groups -OCH3 is 1. The highest BCUT2D eigenvalue weighted by molar-refractivity contribution is 5.73. The van der Waals surface area contributed by atoms with Crippen LogP contribution in [0.15, 0.2) is 22.7 Å². The molecule has 0 saturated heterocycles. The van der Waals surface area contributed by atoms with Gasteiger partial charge in [-0.15, -0.1) is 0 Å². The summed E-state index contributed by atoms with van der Waals surface area (Å²) in [5, 5.41) is 3.94. The number of nitrogens with zero attached hydrogens (tertiary/aromatic N) is 2. The van der Waals surface area contributed by atoms with E-state index in [-0.39, 0.29) is 6.10 Å². The zero-order valence-electron chi connectivity index (χ0n) is 10.8. The number of aryl methyl sites for hydroxylation is 1. The molecular formula is C13H17N3O2. The van der Waals surface area contributed by atoms with Gasteiger partial charge in [0.2, 0.25) is 5.82 Å². The van der Waals surface area contributed by atoms with Crippen molar-refractivity contribution in [2.24, 2.45) is 0 Å². The Hall–Kier alpha value is -1.88. The van der Waals surface area contributed by atoms with Crippen LogP contribution in [0.4, 0.5) is 5.69 Å². The van der Waals surface area contributed by atoms with Crippen molar-refractivity contribution in [3.8, 4) is 11.5 Å². The average molecular weight is 247 g/mol. The third-order valence-electron chi connectivity index (χ3n) is 2.94. The summed E-state index contributed by atoms with van der Waals surface area (Å²) >= 11 is 0. The summed E-state index contributed by atoms with van der Waals surface area (Å²) in [6, 6.07) is 5.73. The van der Waals surface area contributed by atoms with E-state index in [4.69, 9.17) is 15.0 Å². The Morgan fingerprint density at radius 3 is 2.89 bits per heavy atom. The molecule has 0 fully saturated rings. The Bertz CT molecular complexity index is 533. The molecule has 1 atom stereocenters. The second kappa shape index (κ2) is 5.18. The molecule has 1 aromatic heterocycles. The van der Waals surface area contributed by atoms with E-state index in [9.17, 15) is 0 Å². The molecule has 0 radical (unpaired) electrons. The quantitative estimate of drug-likeness (QED) is 0.841. The first-order valence-corrected chi connectivity index (χ1v) is 5.89. The molecular weight excluding hydrogens is 230 g/mol. The Labute approximate surface area is 106 Å². The fraction of sp³-hybridized carbons (Fsp3) is 0.385. The lowest BCUT2D eigenvalue weighted by molar-refractivity contribution is 0.0903. The second-order valence-electron chi connectivity index (χ2n) is 4.13. The number of rotatable bonds is 4. The van der Waals surface area contributed by atoms with Crippen LogP contribution in [0.5, 0.6) is 0 Å². The number of nitrogens with two attached hydrogens (primary N) is 1. The first kappa shape index (κ1) is 12.6. The van der Waals surface area contributed by atoms with Crippen LogP contribution < -0.4 is 5.73 Å². The molecule has 0 aliphatic rings. The van der Waals surface area contributed by atoms with Crippen LogP contribution in [0.3, 0.4) is 0 Å². The van der Waals surface area contributed by atoms with E-state index < -0.39 is 0 Å². The van der Waals surface area contributed by atoms with Crippen molar-refractivity contribution in [3.63, 3.8) is 0 Å². The maximum absolute atomic E-state index is 6.01. The molecule has 1 unspecified atom stereocenters. The van der Waals surface area contributed by atoms with Gasteiger partial charge in [-0.25, -0.2) is 0 Å². The zero-order chi connectivity index (χ0) is 13.1. The molecule has 0 saturated carbocycles. The van der Waals surface area contributed by atoms with Crippen molar-refractivity contribution in [2.45, 2.75) is 26.4 Å². The molecule has 0 aliphatic heterocycles. The molecule has 2 aromatic rings. The van der Waals surface area contributed by atoms with E-state index in [1.165, 1.54) is 0 Å². The predicted octanol–water partition coefficient (Wildman–Crippen LogP) is 2.72. The summed E-state index contributed by atoms with van der Waals surface area (Å²) in [5.74, 6) is 0.984. The van der Waals surface area contributed by atoms with Crippen molar-refractivity contribution in [1.29, 1.82) is 0 Å². The van der Waals surface area contributed by atoms with Gasteiger partial charge in [0.15, 0.2) is 0 Å². The lowest BCUT2D eigenvalue weighted by Gasteiger charge is -2.06. The molecule has 5 heteroatoms. The van der Waals surface area contributed by atoms with Gasteiger partial charge >= 0.3 is 0 Å². The predicted molar refractivity (Wildman–Crippen MR) is 68.9 cm³/mol. The second-order valence-corrected chi connectivity index (χ2v) is 4.13. The Kier molecular flexibility index (Phi) is 3.62. The van der Waals surface area contributed by atoms with Crippen molar-refractivity contribution in [1.82, 2.24) is 10.1 Å². The minimum atomic E-state index is -0.145.